The van der Waals surface area contributed by atoms with E-state index in [1.165, 1.54) is 0 Å². The summed E-state index contributed by atoms with van der Waals surface area (Å²) in [6, 6.07) is 7.11. The van der Waals surface area contributed by atoms with Crippen molar-refractivity contribution in [3.63, 3.8) is 0 Å². The predicted octanol–water partition coefficient (Wildman–Crippen LogP) is 1.56. The Morgan fingerprint density at radius 3 is 2.85 bits per heavy atom. The summed E-state index contributed by atoms with van der Waals surface area (Å²) in [5, 5.41) is 9.13. The van der Waals surface area contributed by atoms with E-state index in [-0.39, 0.29) is 18.6 Å². The van der Waals surface area contributed by atoms with Gasteiger partial charge in [-0.05, 0) is 25.0 Å². The Morgan fingerprint density at radius 1 is 1.40 bits per heavy atom. The van der Waals surface area contributed by atoms with Crippen molar-refractivity contribution in [2.45, 2.75) is 18.9 Å². The van der Waals surface area contributed by atoms with Gasteiger partial charge in [-0.25, -0.2) is 0 Å². The van der Waals surface area contributed by atoms with Crippen molar-refractivity contribution in [1.82, 2.24) is 5.32 Å². The average Bonchev–Trinajstić information content (AvgIpc) is 3.21. The van der Waals surface area contributed by atoms with Gasteiger partial charge in [0, 0.05) is 6.04 Å². The number of benzene rings is 1. The molecule has 0 radical (unpaired) electrons. The van der Waals surface area contributed by atoms with Gasteiger partial charge in [-0.15, -0.1) is 0 Å². The summed E-state index contributed by atoms with van der Waals surface area (Å²) < 4.78 is 0. The molecule has 1 aliphatic rings. The predicted molar refractivity (Wildman–Crippen MR) is 75.7 cm³/mol. The van der Waals surface area contributed by atoms with Gasteiger partial charge in [0.15, 0.2) is 6.61 Å². The third-order valence-corrected chi connectivity index (χ3v) is 2.84. The number of hydrogen-bond donors (Lipinski definition) is 2. The molecule has 20 heavy (non-hydrogen) atoms. The van der Waals surface area contributed by atoms with Crippen molar-refractivity contribution >= 4 is 35.3 Å². The summed E-state index contributed by atoms with van der Waals surface area (Å²) in [4.78, 5) is 27.5. The topological polar surface area (TPSA) is 79.8 Å². The average molecular weight is 296 g/mol. The van der Waals surface area contributed by atoms with Crippen LogP contribution in [0.4, 0.5) is 5.69 Å². The van der Waals surface area contributed by atoms with Gasteiger partial charge in [-0.3, -0.25) is 9.59 Å². The molecule has 2 amide bonds. The van der Waals surface area contributed by atoms with E-state index < -0.39 is 5.91 Å². The molecule has 2 rings (SSSR count). The maximum atomic E-state index is 11.5. The summed E-state index contributed by atoms with van der Waals surface area (Å²) >= 11 is 5.88. The van der Waals surface area contributed by atoms with Crippen LogP contribution < -0.4 is 10.6 Å². The molecule has 0 aliphatic heterocycles. The van der Waals surface area contributed by atoms with Crippen LogP contribution in [-0.4, -0.2) is 30.7 Å². The smallest absolute Gasteiger partial charge is 0.270 e. The Bertz CT molecular complexity index is 529. The van der Waals surface area contributed by atoms with E-state index in [4.69, 9.17) is 16.4 Å². The van der Waals surface area contributed by atoms with Gasteiger partial charge in [0.05, 0.1) is 10.7 Å². The molecular formula is C13H14ClN3O3. The number of carbonyl (C=O) groups is 2. The molecule has 1 aromatic carbocycles. The van der Waals surface area contributed by atoms with Crippen LogP contribution in [0.3, 0.4) is 0 Å². The Labute approximate surface area is 121 Å². The highest BCUT2D eigenvalue weighted by molar-refractivity contribution is 6.36. The maximum Gasteiger partial charge on any atom is 0.270 e. The molecule has 0 atom stereocenters. The Hall–Kier alpha value is -2.08. The summed E-state index contributed by atoms with van der Waals surface area (Å²) in [6.07, 6.45) is 2.97. The number of halogens is 1. The number of anilines is 1. The van der Waals surface area contributed by atoms with Crippen molar-refractivity contribution in [2.24, 2.45) is 5.16 Å². The zero-order valence-corrected chi connectivity index (χ0v) is 11.4. The molecule has 1 saturated carbocycles. The number of nitrogens with zero attached hydrogens (tertiary/aromatic N) is 1. The van der Waals surface area contributed by atoms with E-state index in [0.29, 0.717) is 10.7 Å². The van der Waals surface area contributed by atoms with Gasteiger partial charge in [-0.1, -0.05) is 28.9 Å². The first-order valence-corrected chi connectivity index (χ1v) is 6.53. The van der Waals surface area contributed by atoms with E-state index in [1.54, 1.807) is 24.3 Å². The van der Waals surface area contributed by atoms with Crippen molar-refractivity contribution in [2.75, 3.05) is 11.9 Å². The van der Waals surface area contributed by atoms with E-state index in [9.17, 15) is 9.59 Å². The van der Waals surface area contributed by atoms with Crippen molar-refractivity contribution in [3.05, 3.63) is 29.3 Å². The van der Waals surface area contributed by atoms with Crippen LogP contribution in [0.1, 0.15) is 12.8 Å². The Kier molecular flexibility index (Phi) is 4.95. The molecule has 1 aliphatic carbocycles. The summed E-state index contributed by atoms with van der Waals surface area (Å²) in [5.41, 5.74) is 0.483. The minimum atomic E-state index is -0.485. The molecule has 1 fully saturated rings. The summed E-state index contributed by atoms with van der Waals surface area (Å²) in [7, 11) is 0. The number of oxime groups is 1. The van der Waals surface area contributed by atoms with E-state index in [2.05, 4.69) is 15.8 Å². The fourth-order valence-corrected chi connectivity index (χ4v) is 1.59. The number of carbonyl (C=O) groups excluding carboxylic acids is 2. The lowest BCUT2D eigenvalue weighted by molar-refractivity contribution is -0.126. The standard InChI is InChI=1S/C13H14ClN3O3/c14-10-3-1-2-4-11(10)17-12(18)7-15-20-8-13(19)16-9-5-6-9/h1-4,7,9H,5-6,8H2,(H,16,19)(H,17,18)/b15-7+. The molecule has 0 saturated heterocycles. The van der Waals surface area contributed by atoms with Crippen molar-refractivity contribution in [3.8, 4) is 0 Å². The van der Waals surface area contributed by atoms with Crippen LogP contribution >= 0.6 is 11.6 Å². The van der Waals surface area contributed by atoms with E-state index in [1.807, 2.05) is 0 Å². The number of nitrogens with one attached hydrogen (secondary N) is 2. The first-order valence-electron chi connectivity index (χ1n) is 6.15. The van der Waals surface area contributed by atoms with Gasteiger partial charge in [0.1, 0.15) is 6.21 Å². The summed E-state index contributed by atoms with van der Waals surface area (Å²) in [6.45, 7) is -0.202. The van der Waals surface area contributed by atoms with Crippen LogP contribution in [-0.2, 0) is 14.4 Å². The number of amides is 2. The zero-order chi connectivity index (χ0) is 14.4. The first kappa shape index (κ1) is 14.3. The molecule has 6 nitrogen and oxygen atoms in total. The quantitative estimate of drug-likeness (QED) is 0.617. The highest BCUT2D eigenvalue weighted by Gasteiger charge is 2.23. The minimum Gasteiger partial charge on any atom is -0.386 e. The molecule has 7 heteroatoms. The monoisotopic (exact) mass is 295 g/mol. The second-order valence-corrected chi connectivity index (χ2v) is 4.73. The van der Waals surface area contributed by atoms with Gasteiger partial charge < -0.3 is 15.5 Å². The van der Waals surface area contributed by atoms with Crippen LogP contribution in [0, 0.1) is 0 Å². The lowest BCUT2D eigenvalue weighted by Gasteiger charge is -2.03. The maximum absolute atomic E-state index is 11.5. The second-order valence-electron chi connectivity index (χ2n) is 4.32. The van der Waals surface area contributed by atoms with Gasteiger partial charge >= 0.3 is 0 Å². The van der Waals surface area contributed by atoms with E-state index in [0.717, 1.165) is 19.1 Å². The molecule has 0 unspecified atom stereocenters. The van der Waals surface area contributed by atoms with Crippen LogP contribution in [0.25, 0.3) is 0 Å². The van der Waals surface area contributed by atoms with E-state index >= 15 is 0 Å². The SMILES string of the molecule is O=C(/C=N/OCC(=O)NC1CC1)Nc1ccccc1Cl. The Balaban J connectivity index is 1.69. The summed E-state index contributed by atoms with van der Waals surface area (Å²) in [5.74, 6) is -0.725. The molecular weight excluding hydrogens is 282 g/mol. The highest BCUT2D eigenvalue weighted by atomic mass is 35.5. The number of hydrogen-bond acceptors (Lipinski definition) is 4. The first-order chi connectivity index (χ1) is 9.65. The molecule has 0 spiro atoms. The molecule has 0 aromatic heterocycles. The molecule has 0 bridgehead atoms. The molecule has 1 aromatic rings. The fourth-order valence-electron chi connectivity index (χ4n) is 1.41. The largest absolute Gasteiger partial charge is 0.386 e. The minimum absolute atomic E-state index is 0.202. The van der Waals surface area contributed by atoms with Crippen LogP contribution in [0.5, 0.6) is 0 Å². The molecule has 2 N–H and O–H groups in total. The number of rotatable bonds is 6. The molecule has 106 valence electrons. The normalized spacial score (nSPS) is 14.1. The van der Waals surface area contributed by atoms with Gasteiger partial charge in [0.25, 0.3) is 11.8 Å². The fraction of sp³-hybridized carbons (Fsp3) is 0.308. The van der Waals surface area contributed by atoms with Gasteiger partial charge in [0.2, 0.25) is 0 Å². The van der Waals surface area contributed by atoms with Crippen molar-refractivity contribution in [1.29, 1.82) is 0 Å². The van der Waals surface area contributed by atoms with Crippen molar-refractivity contribution < 1.29 is 14.4 Å². The number of para-hydroxylation sites is 1. The zero-order valence-electron chi connectivity index (χ0n) is 10.6. The second kappa shape index (κ2) is 6.91. The van der Waals surface area contributed by atoms with Gasteiger partial charge in [-0.2, -0.15) is 0 Å². The van der Waals surface area contributed by atoms with Crippen LogP contribution in [0.2, 0.25) is 5.02 Å². The lowest BCUT2D eigenvalue weighted by atomic mass is 10.3. The molecule has 0 heterocycles. The third-order valence-electron chi connectivity index (χ3n) is 2.51. The third kappa shape index (κ3) is 4.89. The lowest BCUT2D eigenvalue weighted by Crippen LogP contribution is -2.28. The van der Waals surface area contributed by atoms with Crippen LogP contribution in [0.15, 0.2) is 29.4 Å². The Morgan fingerprint density at radius 2 is 2.15 bits per heavy atom. The highest BCUT2D eigenvalue weighted by Crippen LogP contribution is 2.20.